The van der Waals surface area contributed by atoms with Crippen molar-refractivity contribution >= 4 is 71.1 Å². The second-order valence-electron chi connectivity index (χ2n) is 17.9. The SMILES string of the molecule is C1=CCCC(n2c3ccc(-n4c5ccccc5c5ccccc54)cc3c3ccc(-c4cc(-c5nc(-c6ccccc6)nc(-c6ccccc6)n5)ccc4-n4c5ccccc5c5ccccc54)cc32)=C1. The van der Waals surface area contributed by atoms with E-state index in [9.17, 15) is 0 Å². The van der Waals surface area contributed by atoms with Crippen LogP contribution < -0.4 is 0 Å². The molecule has 0 aliphatic heterocycles. The number of nitrogens with zero attached hydrogens (tertiary/aromatic N) is 6. The van der Waals surface area contributed by atoms with Crippen LogP contribution in [-0.2, 0) is 0 Å². The molecule has 69 heavy (non-hydrogen) atoms. The third-order valence-electron chi connectivity index (χ3n) is 14.0. The molecular formula is C63H42N6. The van der Waals surface area contributed by atoms with Crippen LogP contribution in [0.1, 0.15) is 12.8 Å². The van der Waals surface area contributed by atoms with Crippen molar-refractivity contribution < 1.29 is 0 Å². The van der Waals surface area contributed by atoms with Crippen molar-refractivity contribution in [3.05, 3.63) is 231 Å². The van der Waals surface area contributed by atoms with E-state index < -0.39 is 0 Å². The van der Waals surface area contributed by atoms with Crippen LogP contribution in [0.15, 0.2) is 231 Å². The van der Waals surface area contributed by atoms with Gasteiger partial charge in [-0.05, 0) is 91.2 Å². The Labute approximate surface area is 398 Å². The van der Waals surface area contributed by atoms with Gasteiger partial charge in [0.25, 0.3) is 0 Å². The van der Waals surface area contributed by atoms with E-state index in [0.717, 1.165) is 63.1 Å². The highest BCUT2D eigenvalue weighted by Crippen LogP contribution is 2.43. The molecular weight excluding hydrogens is 841 g/mol. The minimum Gasteiger partial charge on any atom is -0.313 e. The Bertz CT molecular complexity index is 4080. The summed E-state index contributed by atoms with van der Waals surface area (Å²) in [6.07, 6.45) is 8.70. The predicted molar refractivity (Wildman–Crippen MR) is 286 cm³/mol. The molecule has 4 aromatic heterocycles. The molecule has 0 fully saturated rings. The number of fused-ring (bicyclic) bond motifs is 9. The summed E-state index contributed by atoms with van der Waals surface area (Å²) in [4.78, 5) is 15.4. The summed E-state index contributed by atoms with van der Waals surface area (Å²) in [7, 11) is 0. The molecule has 13 aromatic rings. The molecule has 0 atom stereocenters. The summed E-state index contributed by atoms with van der Waals surface area (Å²) in [5.41, 5.74) is 15.5. The van der Waals surface area contributed by atoms with Crippen molar-refractivity contribution in [1.82, 2.24) is 28.7 Å². The zero-order chi connectivity index (χ0) is 45.4. The normalized spacial score (nSPS) is 12.8. The molecule has 6 heteroatoms. The lowest BCUT2D eigenvalue weighted by atomic mass is 9.98. The third kappa shape index (κ3) is 6.30. The first-order chi connectivity index (χ1) is 34.2. The second-order valence-corrected chi connectivity index (χ2v) is 17.9. The first-order valence-electron chi connectivity index (χ1n) is 23.7. The highest BCUT2D eigenvalue weighted by molar-refractivity contribution is 6.14. The summed E-state index contributed by atoms with van der Waals surface area (Å²) < 4.78 is 7.34. The number of allylic oxidation sites excluding steroid dienone is 4. The Balaban J connectivity index is 1.03. The van der Waals surface area contributed by atoms with Crippen molar-refractivity contribution in [2.45, 2.75) is 12.8 Å². The third-order valence-corrected chi connectivity index (χ3v) is 14.0. The molecule has 4 heterocycles. The molecule has 0 unspecified atom stereocenters. The molecule has 0 radical (unpaired) electrons. The minimum atomic E-state index is 0.615. The Morgan fingerprint density at radius 3 is 1.39 bits per heavy atom. The summed E-state index contributed by atoms with van der Waals surface area (Å²) in [5.74, 6) is 1.88. The van der Waals surface area contributed by atoms with Gasteiger partial charge in [-0.1, -0.05) is 158 Å². The molecule has 14 rings (SSSR count). The van der Waals surface area contributed by atoms with E-state index >= 15 is 0 Å². The summed E-state index contributed by atoms with van der Waals surface area (Å²) in [6, 6.07) is 76.1. The van der Waals surface area contributed by atoms with E-state index in [-0.39, 0.29) is 0 Å². The lowest BCUT2D eigenvalue weighted by Crippen LogP contribution is -2.02. The van der Waals surface area contributed by atoms with Crippen LogP contribution in [0, 0.1) is 0 Å². The maximum Gasteiger partial charge on any atom is 0.164 e. The number of rotatable bonds is 7. The van der Waals surface area contributed by atoms with Gasteiger partial charge in [-0.3, -0.25) is 0 Å². The van der Waals surface area contributed by atoms with E-state index in [4.69, 9.17) is 15.0 Å². The number of para-hydroxylation sites is 4. The van der Waals surface area contributed by atoms with Crippen LogP contribution >= 0.6 is 0 Å². The largest absolute Gasteiger partial charge is 0.313 e. The van der Waals surface area contributed by atoms with Gasteiger partial charge in [0.2, 0.25) is 0 Å². The zero-order valence-electron chi connectivity index (χ0n) is 37.5. The molecule has 9 aromatic carbocycles. The highest BCUT2D eigenvalue weighted by Gasteiger charge is 2.22. The zero-order valence-corrected chi connectivity index (χ0v) is 37.5. The van der Waals surface area contributed by atoms with Crippen LogP contribution in [-0.4, -0.2) is 28.7 Å². The van der Waals surface area contributed by atoms with E-state index in [0.29, 0.717) is 17.5 Å². The minimum absolute atomic E-state index is 0.615. The van der Waals surface area contributed by atoms with Gasteiger partial charge >= 0.3 is 0 Å². The topological polar surface area (TPSA) is 53.5 Å². The van der Waals surface area contributed by atoms with Crippen LogP contribution in [0.5, 0.6) is 0 Å². The van der Waals surface area contributed by atoms with Gasteiger partial charge in [-0.15, -0.1) is 0 Å². The van der Waals surface area contributed by atoms with Crippen LogP contribution in [0.25, 0.3) is 128 Å². The highest BCUT2D eigenvalue weighted by atomic mass is 15.0. The molecule has 1 aliphatic carbocycles. The summed E-state index contributed by atoms with van der Waals surface area (Å²) in [6.45, 7) is 0. The first-order valence-corrected chi connectivity index (χ1v) is 23.7. The van der Waals surface area contributed by atoms with Gasteiger partial charge in [0.05, 0.1) is 38.8 Å². The lowest BCUT2D eigenvalue weighted by Gasteiger charge is -2.17. The van der Waals surface area contributed by atoms with E-state index in [1.165, 1.54) is 60.1 Å². The van der Waals surface area contributed by atoms with Gasteiger partial charge in [0.1, 0.15) is 0 Å². The van der Waals surface area contributed by atoms with Crippen molar-refractivity contribution in [3.8, 4) is 56.7 Å². The molecule has 0 N–H and O–H groups in total. The van der Waals surface area contributed by atoms with Crippen molar-refractivity contribution in [1.29, 1.82) is 0 Å². The molecule has 0 saturated heterocycles. The van der Waals surface area contributed by atoms with E-state index in [2.05, 4.69) is 208 Å². The van der Waals surface area contributed by atoms with Gasteiger partial charge in [0.15, 0.2) is 17.5 Å². The molecule has 6 nitrogen and oxygen atoms in total. The fourth-order valence-electron chi connectivity index (χ4n) is 10.8. The smallest absolute Gasteiger partial charge is 0.164 e. The monoisotopic (exact) mass is 882 g/mol. The van der Waals surface area contributed by atoms with Crippen molar-refractivity contribution in [3.63, 3.8) is 0 Å². The average Bonchev–Trinajstić information content (AvgIpc) is 4.06. The Morgan fingerprint density at radius 2 is 0.826 bits per heavy atom. The first kappa shape index (κ1) is 39.1. The summed E-state index contributed by atoms with van der Waals surface area (Å²) >= 11 is 0. The van der Waals surface area contributed by atoms with Gasteiger partial charge in [-0.2, -0.15) is 0 Å². The molecule has 0 amide bonds. The maximum atomic E-state index is 5.20. The van der Waals surface area contributed by atoms with E-state index in [1.54, 1.807) is 0 Å². The quantitative estimate of drug-likeness (QED) is 0.160. The molecule has 1 aliphatic rings. The van der Waals surface area contributed by atoms with Gasteiger partial charge < -0.3 is 13.7 Å². The van der Waals surface area contributed by atoms with Crippen LogP contribution in [0.4, 0.5) is 0 Å². The number of hydrogen-bond donors (Lipinski definition) is 0. The number of aromatic nitrogens is 6. The summed E-state index contributed by atoms with van der Waals surface area (Å²) in [5, 5.41) is 7.37. The molecule has 0 spiro atoms. The molecule has 0 bridgehead atoms. The van der Waals surface area contributed by atoms with Crippen LogP contribution in [0.3, 0.4) is 0 Å². The maximum absolute atomic E-state index is 5.20. The van der Waals surface area contributed by atoms with E-state index in [1.807, 2.05) is 36.4 Å². The number of benzene rings is 9. The van der Waals surface area contributed by atoms with Crippen molar-refractivity contribution in [2.24, 2.45) is 0 Å². The van der Waals surface area contributed by atoms with Gasteiger partial charge in [0, 0.05) is 66.0 Å². The Hall–Kier alpha value is -9.13. The Kier molecular flexibility index (Phi) is 8.92. The average molecular weight is 883 g/mol. The number of hydrogen-bond acceptors (Lipinski definition) is 3. The van der Waals surface area contributed by atoms with Crippen LogP contribution in [0.2, 0.25) is 0 Å². The molecule has 324 valence electrons. The fourth-order valence-corrected chi connectivity index (χ4v) is 10.8. The second kappa shape index (κ2) is 15.8. The van der Waals surface area contributed by atoms with Crippen molar-refractivity contribution in [2.75, 3.05) is 0 Å². The Morgan fingerprint density at radius 1 is 0.333 bits per heavy atom. The van der Waals surface area contributed by atoms with Gasteiger partial charge in [-0.25, -0.2) is 15.0 Å². The standard InChI is InChI=1S/C63H42N6/c1-4-18-41(19-5-1)61-64-62(42-20-6-2-7-21-42)66-63(65-61)44-33-36-58(69-56-30-16-12-26-49(56)50-27-13-17-31-57(50)69)52(38-44)43-32-35-51-53-40-46(34-37-59(53)67(60(51)39-43)45-22-8-3-9-23-45)68-54-28-14-10-24-47(54)48-25-11-15-29-55(48)68/h1-8,10-22,24-40H,9,23H2. The fraction of sp³-hybridized carbons (Fsp3) is 0.0317. The predicted octanol–water partition coefficient (Wildman–Crippen LogP) is 16.0. The lowest BCUT2D eigenvalue weighted by molar-refractivity contribution is 0.979. The molecule has 0 saturated carbocycles.